The molecule has 128 valence electrons. The van der Waals surface area contributed by atoms with Crippen LogP contribution < -0.4 is 5.32 Å². The van der Waals surface area contributed by atoms with Crippen LogP contribution in [0.25, 0.3) is 0 Å². The first-order chi connectivity index (χ1) is 12.1. The maximum Gasteiger partial charge on any atom is 0.287 e. The van der Waals surface area contributed by atoms with Gasteiger partial charge in [-0.3, -0.25) is 4.79 Å². The topological polar surface area (TPSA) is 76.4 Å². The fourth-order valence-electron chi connectivity index (χ4n) is 2.42. The maximum atomic E-state index is 12.5. The zero-order valence-electron chi connectivity index (χ0n) is 13.4. The van der Waals surface area contributed by atoms with E-state index in [9.17, 15) is 13.2 Å². The summed E-state index contributed by atoms with van der Waals surface area (Å²) in [5, 5.41) is 2.74. The monoisotopic (exact) mass is 355 g/mol. The highest BCUT2D eigenvalue weighted by molar-refractivity contribution is 7.90. The van der Waals surface area contributed by atoms with E-state index in [1.165, 1.54) is 24.5 Å². The number of rotatable bonds is 6. The van der Waals surface area contributed by atoms with Gasteiger partial charge in [-0.1, -0.05) is 48.5 Å². The number of carbonyl (C=O) groups excluding carboxylic acids is 1. The second kappa shape index (κ2) is 7.36. The number of sulfone groups is 1. The molecule has 0 atom stereocenters. The second-order valence-corrected chi connectivity index (χ2v) is 7.50. The first-order valence-electron chi connectivity index (χ1n) is 7.72. The highest BCUT2D eigenvalue weighted by Crippen LogP contribution is 2.20. The molecule has 0 saturated heterocycles. The summed E-state index contributed by atoms with van der Waals surface area (Å²) in [7, 11) is -3.55. The van der Waals surface area contributed by atoms with Crippen LogP contribution in [0.3, 0.4) is 0 Å². The zero-order valence-corrected chi connectivity index (χ0v) is 14.2. The molecule has 5 nitrogen and oxygen atoms in total. The molecule has 0 spiro atoms. The third kappa shape index (κ3) is 4.16. The minimum Gasteiger partial charge on any atom is -0.459 e. The van der Waals surface area contributed by atoms with Crippen molar-refractivity contribution >= 4 is 15.7 Å². The third-order valence-electron chi connectivity index (χ3n) is 3.70. The van der Waals surface area contributed by atoms with Crippen LogP contribution in [0, 0.1) is 0 Å². The number of hydrogen-bond donors (Lipinski definition) is 1. The van der Waals surface area contributed by atoms with Crippen molar-refractivity contribution in [3.05, 3.63) is 89.9 Å². The smallest absolute Gasteiger partial charge is 0.287 e. The van der Waals surface area contributed by atoms with Crippen molar-refractivity contribution in [1.82, 2.24) is 5.32 Å². The average Bonchev–Trinajstić information content (AvgIpc) is 3.09. The summed E-state index contributed by atoms with van der Waals surface area (Å²) in [5.41, 5.74) is 1.29. The quantitative estimate of drug-likeness (QED) is 0.737. The predicted molar refractivity (Wildman–Crippen MR) is 93.7 cm³/mol. The summed E-state index contributed by atoms with van der Waals surface area (Å²) in [4.78, 5) is 12.5. The number of furan rings is 1. The van der Waals surface area contributed by atoms with Crippen molar-refractivity contribution in [3.8, 4) is 0 Å². The maximum absolute atomic E-state index is 12.5. The zero-order chi connectivity index (χ0) is 17.7. The molecular formula is C19H17NO4S. The SMILES string of the molecule is O=C(NCc1ccccc1)c1occc1CS(=O)(=O)c1ccccc1. The largest absolute Gasteiger partial charge is 0.459 e. The first-order valence-corrected chi connectivity index (χ1v) is 9.38. The Bertz CT molecular complexity index is 947. The first kappa shape index (κ1) is 17.0. The molecule has 1 heterocycles. The van der Waals surface area contributed by atoms with Gasteiger partial charge in [-0.25, -0.2) is 8.42 Å². The van der Waals surface area contributed by atoms with E-state index < -0.39 is 15.7 Å². The van der Waals surface area contributed by atoms with E-state index in [1.54, 1.807) is 18.2 Å². The van der Waals surface area contributed by atoms with Crippen molar-refractivity contribution < 1.29 is 17.6 Å². The number of carbonyl (C=O) groups is 1. The highest BCUT2D eigenvalue weighted by Gasteiger charge is 2.22. The summed E-state index contributed by atoms with van der Waals surface area (Å²) in [6.45, 7) is 0.339. The Morgan fingerprint density at radius 1 is 0.920 bits per heavy atom. The Morgan fingerprint density at radius 3 is 2.24 bits per heavy atom. The number of benzene rings is 2. The average molecular weight is 355 g/mol. The number of hydrogen-bond acceptors (Lipinski definition) is 4. The van der Waals surface area contributed by atoms with E-state index in [-0.39, 0.29) is 16.4 Å². The predicted octanol–water partition coefficient (Wildman–Crippen LogP) is 3.18. The van der Waals surface area contributed by atoms with E-state index in [0.717, 1.165) is 5.56 Å². The normalized spacial score (nSPS) is 11.2. The highest BCUT2D eigenvalue weighted by atomic mass is 32.2. The van der Waals surface area contributed by atoms with Gasteiger partial charge in [0.2, 0.25) is 0 Å². The van der Waals surface area contributed by atoms with Crippen molar-refractivity contribution in [3.63, 3.8) is 0 Å². The minimum atomic E-state index is -3.55. The van der Waals surface area contributed by atoms with Crippen LogP contribution in [-0.4, -0.2) is 14.3 Å². The van der Waals surface area contributed by atoms with Gasteiger partial charge >= 0.3 is 0 Å². The fraction of sp³-hybridized carbons (Fsp3) is 0.105. The molecule has 0 aliphatic carbocycles. The van der Waals surface area contributed by atoms with Gasteiger partial charge < -0.3 is 9.73 Å². The molecule has 0 radical (unpaired) electrons. The van der Waals surface area contributed by atoms with E-state index in [1.807, 2.05) is 30.3 Å². The Kier molecular flexibility index (Phi) is 5.00. The molecule has 0 saturated carbocycles. The lowest BCUT2D eigenvalue weighted by Gasteiger charge is -2.06. The van der Waals surface area contributed by atoms with E-state index in [2.05, 4.69) is 5.32 Å². The number of nitrogens with one attached hydrogen (secondary N) is 1. The number of amides is 1. The van der Waals surface area contributed by atoms with E-state index in [0.29, 0.717) is 12.1 Å². The molecule has 1 aromatic heterocycles. The lowest BCUT2D eigenvalue weighted by molar-refractivity contribution is 0.0922. The molecule has 0 unspecified atom stereocenters. The van der Waals surface area contributed by atoms with E-state index in [4.69, 9.17) is 4.42 Å². The van der Waals surface area contributed by atoms with Gasteiger partial charge in [0, 0.05) is 12.1 Å². The van der Waals surface area contributed by atoms with Crippen LogP contribution in [-0.2, 0) is 22.1 Å². The van der Waals surface area contributed by atoms with Gasteiger partial charge in [-0.05, 0) is 23.8 Å². The van der Waals surface area contributed by atoms with Gasteiger partial charge in [0.25, 0.3) is 5.91 Å². The van der Waals surface area contributed by atoms with Crippen LogP contribution >= 0.6 is 0 Å². The van der Waals surface area contributed by atoms with Crippen LogP contribution in [0.15, 0.2) is 82.3 Å². The fourth-order valence-corrected chi connectivity index (χ4v) is 3.80. The Labute approximate surface area is 146 Å². The molecule has 3 aromatic rings. The van der Waals surface area contributed by atoms with Gasteiger partial charge in [0.05, 0.1) is 16.9 Å². The summed E-state index contributed by atoms with van der Waals surface area (Å²) >= 11 is 0. The molecule has 0 fully saturated rings. The summed E-state index contributed by atoms with van der Waals surface area (Å²) in [5.74, 6) is -0.704. The van der Waals surface area contributed by atoms with Crippen molar-refractivity contribution in [2.75, 3.05) is 0 Å². The molecule has 6 heteroatoms. The molecule has 0 aliphatic rings. The standard InChI is InChI=1S/C19H17NO4S/c21-19(20-13-15-7-3-1-4-8-15)18-16(11-12-24-18)14-25(22,23)17-9-5-2-6-10-17/h1-12H,13-14H2,(H,20,21). The van der Waals surface area contributed by atoms with Crippen molar-refractivity contribution in [2.45, 2.75) is 17.2 Å². The molecule has 0 bridgehead atoms. The Hall–Kier alpha value is -2.86. The Balaban J connectivity index is 1.73. The van der Waals surface area contributed by atoms with Crippen LogP contribution in [0.2, 0.25) is 0 Å². The van der Waals surface area contributed by atoms with Crippen LogP contribution in [0.5, 0.6) is 0 Å². The summed E-state index contributed by atoms with van der Waals surface area (Å²) < 4.78 is 30.2. The molecule has 1 N–H and O–H groups in total. The second-order valence-electron chi connectivity index (χ2n) is 5.52. The van der Waals surface area contributed by atoms with Gasteiger partial charge in [0.1, 0.15) is 0 Å². The minimum absolute atomic E-state index is 0.0236. The van der Waals surface area contributed by atoms with Crippen molar-refractivity contribution in [2.24, 2.45) is 0 Å². The summed E-state index contributed by atoms with van der Waals surface area (Å²) in [6.07, 6.45) is 1.33. The van der Waals surface area contributed by atoms with Crippen LogP contribution in [0.1, 0.15) is 21.7 Å². The van der Waals surface area contributed by atoms with Gasteiger partial charge in [0.15, 0.2) is 15.6 Å². The third-order valence-corrected chi connectivity index (χ3v) is 5.38. The lowest BCUT2D eigenvalue weighted by Crippen LogP contribution is -2.23. The lowest BCUT2D eigenvalue weighted by atomic mass is 10.2. The molecule has 25 heavy (non-hydrogen) atoms. The van der Waals surface area contributed by atoms with Gasteiger partial charge in [-0.2, -0.15) is 0 Å². The van der Waals surface area contributed by atoms with Gasteiger partial charge in [-0.15, -0.1) is 0 Å². The van der Waals surface area contributed by atoms with Crippen molar-refractivity contribution in [1.29, 1.82) is 0 Å². The van der Waals surface area contributed by atoms with E-state index >= 15 is 0 Å². The Morgan fingerprint density at radius 2 is 1.56 bits per heavy atom. The molecule has 3 rings (SSSR count). The molecular weight excluding hydrogens is 338 g/mol. The molecule has 0 aliphatic heterocycles. The molecule has 1 amide bonds. The van der Waals surface area contributed by atoms with Crippen LogP contribution in [0.4, 0.5) is 0 Å². The molecule has 2 aromatic carbocycles. The summed E-state index contributed by atoms with van der Waals surface area (Å²) in [6, 6.07) is 19.1.